The summed E-state index contributed by atoms with van der Waals surface area (Å²) in [5.74, 6) is -3.74. The van der Waals surface area contributed by atoms with E-state index in [4.69, 9.17) is 21.8 Å². The second-order valence-corrected chi connectivity index (χ2v) is 4.77. The molecule has 20 heavy (non-hydrogen) atoms. The molecule has 0 spiro atoms. The van der Waals surface area contributed by atoms with Gasteiger partial charge in [0, 0.05) is 17.1 Å². The van der Waals surface area contributed by atoms with Crippen LogP contribution in [0.5, 0.6) is 0 Å². The van der Waals surface area contributed by atoms with Gasteiger partial charge >= 0.3 is 11.9 Å². The average molecular weight is 300 g/mol. The quantitative estimate of drug-likeness (QED) is 0.831. The monoisotopic (exact) mass is 299 g/mol. The van der Waals surface area contributed by atoms with Crippen LogP contribution in [-0.2, 0) is 9.59 Å². The van der Waals surface area contributed by atoms with Crippen molar-refractivity contribution >= 4 is 29.4 Å². The van der Waals surface area contributed by atoms with Gasteiger partial charge in [0.05, 0.1) is 5.92 Å². The van der Waals surface area contributed by atoms with Crippen molar-refractivity contribution in [2.75, 3.05) is 13.1 Å². The number of carbonyl (C=O) groups excluding carboxylic acids is 1. The van der Waals surface area contributed by atoms with Crippen LogP contribution in [0.15, 0.2) is 24.3 Å². The van der Waals surface area contributed by atoms with Crippen LogP contribution in [0.1, 0.15) is 17.3 Å². The smallest absolute Gasteiger partial charge is 0.323 e. The summed E-state index contributed by atoms with van der Waals surface area (Å²) in [5, 5.41) is 18.0. The predicted molar refractivity (Wildman–Crippen MR) is 71.8 cm³/mol. The Labute approximate surface area is 120 Å². The summed E-state index contributed by atoms with van der Waals surface area (Å²) in [6, 6.07) is 6.05. The van der Waals surface area contributed by atoms with Gasteiger partial charge in [-0.3, -0.25) is 14.4 Å². The molecule has 0 saturated carbocycles. The maximum Gasteiger partial charge on any atom is 0.323 e. The highest BCUT2D eigenvalue weighted by atomic mass is 35.5. The lowest BCUT2D eigenvalue weighted by molar-refractivity contribution is -0.143. The summed E-state index contributed by atoms with van der Waals surface area (Å²) in [7, 11) is 0. The minimum atomic E-state index is -1.21. The van der Waals surface area contributed by atoms with Crippen LogP contribution in [0.3, 0.4) is 0 Å². The third kappa shape index (κ3) is 4.55. The third-order valence-corrected chi connectivity index (χ3v) is 2.84. The maximum atomic E-state index is 12.2. The molecule has 1 aromatic rings. The number of carboxylic acid groups (broad SMARTS) is 2. The SMILES string of the molecule is CC(CN(CC(=O)O)C(=O)c1cccc(Cl)c1)C(=O)O. The molecule has 7 heteroatoms. The Bertz CT molecular complexity index is 531. The van der Waals surface area contributed by atoms with Crippen LogP contribution in [0, 0.1) is 5.92 Å². The molecule has 0 fully saturated rings. The normalized spacial score (nSPS) is 11.7. The first-order chi connectivity index (χ1) is 9.31. The lowest BCUT2D eigenvalue weighted by Gasteiger charge is -2.22. The molecule has 0 aliphatic carbocycles. The largest absolute Gasteiger partial charge is 0.481 e. The van der Waals surface area contributed by atoms with Gasteiger partial charge < -0.3 is 15.1 Å². The zero-order chi connectivity index (χ0) is 15.3. The van der Waals surface area contributed by atoms with Crippen LogP contribution in [-0.4, -0.2) is 46.0 Å². The molecule has 1 amide bonds. The standard InChI is InChI=1S/C13H14ClNO5/c1-8(13(19)20)6-15(7-11(16)17)12(18)9-3-2-4-10(14)5-9/h2-5,8H,6-7H2,1H3,(H,16,17)(H,19,20). The number of rotatable bonds is 6. The Hall–Kier alpha value is -2.08. The molecule has 2 N–H and O–H groups in total. The number of amides is 1. The first-order valence-corrected chi connectivity index (χ1v) is 6.18. The zero-order valence-corrected chi connectivity index (χ0v) is 11.5. The maximum absolute atomic E-state index is 12.2. The van der Waals surface area contributed by atoms with Crippen molar-refractivity contribution in [2.24, 2.45) is 5.92 Å². The number of halogens is 1. The summed E-state index contributed by atoms with van der Waals surface area (Å²) in [6.45, 7) is 0.651. The number of hydrogen-bond acceptors (Lipinski definition) is 3. The number of hydrogen-bond donors (Lipinski definition) is 2. The molecule has 108 valence electrons. The second-order valence-electron chi connectivity index (χ2n) is 4.33. The Morgan fingerprint density at radius 2 is 1.95 bits per heavy atom. The summed E-state index contributed by atoms with van der Waals surface area (Å²) >= 11 is 5.77. The second kappa shape index (κ2) is 6.91. The highest BCUT2D eigenvalue weighted by Gasteiger charge is 2.23. The lowest BCUT2D eigenvalue weighted by atomic mass is 10.1. The van der Waals surface area contributed by atoms with E-state index in [0.29, 0.717) is 5.02 Å². The van der Waals surface area contributed by atoms with Crippen LogP contribution < -0.4 is 0 Å². The van der Waals surface area contributed by atoms with Gasteiger partial charge in [0.25, 0.3) is 5.91 Å². The number of carboxylic acids is 2. The van der Waals surface area contributed by atoms with Gasteiger partial charge in [-0.25, -0.2) is 0 Å². The highest BCUT2D eigenvalue weighted by molar-refractivity contribution is 6.30. The van der Waals surface area contributed by atoms with E-state index in [1.165, 1.54) is 19.1 Å². The van der Waals surface area contributed by atoms with Crippen molar-refractivity contribution in [1.29, 1.82) is 0 Å². The Kier molecular flexibility index (Phi) is 5.52. The van der Waals surface area contributed by atoms with E-state index in [9.17, 15) is 14.4 Å². The molecule has 0 bridgehead atoms. The first-order valence-electron chi connectivity index (χ1n) is 5.80. The van der Waals surface area contributed by atoms with Crippen LogP contribution in [0.4, 0.5) is 0 Å². The van der Waals surface area contributed by atoms with E-state index in [2.05, 4.69) is 0 Å². The first kappa shape index (κ1) is 16.0. The average Bonchev–Trinajstić information content (AvgIpc) is 2.36. The topological polar surface area (TPSA) is 94.9 Å². The van der Waals surface area contributed by atoms with E-state index >= 15 is 0 Å². The van der Waals surface area contributed by atoms with Crippen molar-refractivity contribution in [2.45, 2.75) is 6.92 Å². The predicted octanol–water partition coefficient (Wildman–Crippen LogP) is 1.59. The third-order valence-electron chi connectivity index (χ3n) is 2.60. The fourth-order valence-electron chi connectivity index (χ4n) is 1.60. The summed E-state index contributed by atoms with van der Waals surface area (Å²) in [4.78, 5) is 34.8. The van der Waals surface area contributed by atoms with Gasteiger partial charge in [0.1, 0.15) is 6.54 Å². The number of benzene rings is 1. The molecule has 1 rings (SSSR count). The molecule has 6 nitrogen and oxygen atoms in total. The fourth-order valence-corrected chi connectivity index (χ4v) is 1.79. The van der Waals surface area contributed by atoms with Gasteiger partial charge in [0.15, 0.2) is 0 Å². The fraction of sp³-hybridized carbons (Fsp3) is 0.308. The molecular weight excluding hydrogens is 286 g/mol. The van der Waals surface area contributed by atoms with Crippen molar-refractivity contribution in [1.82, 2.24) is 4.90 Å². The van der Waals surface area contributed by atoms with Crippen LogP contribution in [0.25, 0.3) is 0 Å². The van der Waals surface area contributed by atoms with Crippen molar-refractivity contribution in [3.63, 3.8) is 0 Å². The molecule has 1 aromatic carbocycles. The molecule has 0 aliphatic heterocycles. The van der Waals surface area contributed by atoms with Crippen LogP contribution in [0.2, 0.25) is 5.02 Å². The summed E-state index contributed by atoms with van der Waals surface area (Å²) < 4.78 is 0. The van der Waals surface area contributed by atoms with Crippen molar-refractivity contribution < 1.29 is 24.6 Å². The highest BCUT2D eigenvalue weighted by Crippen LogP contribution is 2.14. The van der Waals surface area contributed by atoms with Crippen LogP contribution >= 0.6 is 11.6 Å². The zero-order valence-electron chi connectivity index (χ0n) is 10.7. The van der Waals surface area contributed by atoms with E-state index in [1.807, 2.05) is 0 Å². The van der Waals surface area contributed by atoms with E-state index in [1.54, 1.807) is 12.1 Å². The van der Waals surface area contributed by atoms with E-state index in [0.717, 1.165) is 4.90 Å². The number of aliphatic carboxylic acids is 2. The summed E-state index contributed by atoms with van der Waals surface area (Å²) in [5.41, 5.74) is 0.219. The van der Waals surface area contributed by atoms with E-state index in [-0.39, 0.29) is 12.1 Å². The van der Waals surface area contributed by atoms with Crippen molar-refractivity contribution in [3.8, 4) is 0 Å². The van der Waals surface area contributed by atoms with Crippen molar-refractivity contribution in [3.05, 3.63) is 34.9 Å². The molecule has 1 atom stereocenters. The molecule has 0 heterocycles. The van der Waals surface area contributed by atoms with Gasteiger partial charge in [-0.1, -0.05) is 24.6 Å². The molecule has 1 unspecified atom stereocenters. The molecule has 0 aliphatic rings. The van der Waals surface area contributed by atoms with Gasteiger partial charge in [-0.15, -0.1) is 0 Å². The summed E-state index contributed by atoms with van der Waals surface area (Å²) in [6.07, 6.45) is 0. The number of carbonyl (C=O) groups is 3. The Morgan fingerprint density at radius 1 is 1.30 bits per heavy atom. The molecule has 0 radical (unpaired) electrons. The molecule has 0 aromatic heterocycles. The van der Waals surface area contributed by atoms with Gasteiger partial charge in [-0.2, -0.15) is 0 Å². The van der Waals surface area contributed by atoms with Gasteiger partial charge in [-0.05, 0) is 18.2 Å². The lowest BCUT2D eigenvalue weighted by Crippen LogP contribution is -2.40. The molecule has 0 saturated heterocycles. The Balaban J connectivity index is 2.95. The minimum Gasteiger partial charge on any atom is -0.481 e. The minimum absolute atomic E-state index is 0.188. The van der Waals surface area contributed by atoms with E-state index < -0.39 is 30.3 Å². The number of nitrogens with zero attached hydrogens (tertiary/aromatic N) is 1. The van der Waals surface area contributed by atoms with Gasteiger partial charge in [0.2, 0.25) is 0 Å². The molecular formula is C13H14ClNO5. The Morgan fingerprint density at radius 3 is 2.45 bits per heavy atom.